The molecule has 1 heterocycles. The van der Waals surface area contributed by atoms with E-state index in [1.807, 2.05) is 80.3 Å². The Bertz CT molecular complexity index is 1230. The van der Waals surface area contributed by atoms with E-state index in [-0.39, 0.29) is 23.5 Å². The normalized spacial score (nSPS) is 15.7. The highest BCUT2D eigenvalue weighted by atomic mass is 19.1. The van der Waals surface area contributed by atoms with E-state index in [9.17, 15) is 14.0 Å². The summed E-state index contributed by atoms with van der Waals surface area (Å²) in [6, 6.07) is 21.5. The highest BCUT2D eigenvalue weighted by molar-refractivity contribution is 5.81. The fraction of sp³-hybridized carbons (Fsp3) is 0.355. The van der Waals surface area contributed by atoms with Crippen molar-refractivity contribution in [1.29, 1.82) is 0 Å². The molecule has 3 aromatic carbocycles. The number of nitrogens with zero attached hydrogens (tertiary/aromatic N) is 1. The standard InChI is InChI=1S/C31H35FN2O3/c1-4-28(31(36)33-20-22-9-6-5-7-10-22)37-26-14-13-23-15-16-34(29(35)17-21(2)3)30(27(23)19-26)24-11-8-12-25(32)18-24/h5-14,18-19,21,28,30H,4,15-17,20H2,1-3H3,(H,33,36)/t28-,30-/m0/s1. The summed E-state index contributed by atoms with van der Waals surface area (Å²) in [5, 5.41) is 2.96. The Morgan fingerprint density at radius 2 is 1.84 bits per heavy atom. The molecule has 0 aromatic heterocycles. The summed E-state index contributed by atoms with van der Waals surface area (Å²) in [4.78, 5) is 28.0. The summed E-state index contributed by atoms with van der Waals surface area (Å²) in [6.07, 6.45) is 0.984. The van der Waals surface area contributed by atoms with Crippen LogP contribution in [-0.4, -0.2) is 29.4 Å². The van der Waals surface area contributed by atoms with Crippen molar-refractivity contribution in [3.63, 3.8) is 0 Å². The molecular weight excluding hydrogens is 467 g/mol. The number of hydrogen-bond donors (Lipinski definition) is 1. The lowest BCUT2D eigenvalue weighted by molar-refractivity contribution is -0.134. The van der Waals surface area contributed by atoms with E-state index in [0.717, 1.165) is 22.3 Å². The minimum absolute atomic E-state index is 0.0490. The second-order valence-corrected chi connectivity index (χ2v) is 9.97. The molecule has 0 fully saturated rings. The van der Waals surface area contributed by atoms with Crippen LogP contribution in [0.3, 0.4) is 0 Å². The van der Waals surface area contributed by atoms with Gasteiger partial charge in [-0.2, -0.15) is 0 Å². The first-order valence-corrected chi connectivity index (χ1v) is 13.0. The smallest absolute Gasteiger partial charge is 0.261 e. The number of fused-ring (bicyclic) bond motifs is 1. The van der Waals surface area contributed by atoms with Gasteiger partial charge >= 0.3 is 0 Å². The highest BCUT2D eigenvalue weighted by Crippen LogP contribution is 2.38. The van der Waals surface area contributed by atoms with Gasteiger partial charge in [-0.25, -0.2) is 4.39 Å². The molecule has 4 rings (SSSR count). The topological polar surface area (TPSA) is 58.6 Å². The summed E-state index contributed by atoms with van der Waals surface area (Å²) >= 11 is 0. The van der Waals surface area contributed by atoms with Crippen LogP contribution < -0.4 is 10.1 Å². The molecule has 0 aliphatic carbocycles. The number of carbonyl (C=O) groups is 2. The van der Waals surface area contributed by atoms with Crippen molar-refractivity contribution in [3.8, 4) is 5.75 Å². The highest BCUT2D eigenvalue weighted by Gasteiger charge is 2.33. The summed E-state index contributed by atoms with van der Waals surface area (Å²) < 4.78 is 20.4. The maximum atomic E-state index is 14.2. The predicted octanol–water partition coefficient (Wildman–Crippen LogP) is 5.82. The van der Waals surface area contributed by atoms with Gasteiger partial charge in [0.25, 0.3) is 5.91 Å². The first-order chi connectivity index (χ1) is 17.9. The van der Waals surface area contributed by atoms with Crippen LogP contribution >= 0.6 is 0 Å². The summed E-state index contributed by atoms with van der Waals surface area (Å²) in [6.45, 7) is 6.95. The molecule has 37 heavy (non-hydrogen) atoms. The Balaban J connectivity index is 1.59. The lowest BCUT2D eigenvalue weighted by Crippen LogP contribution is -2.41. The Hall–Kier alpha value is -3.67. The van der Waals surface area contributed by atoms with Gasteiger partial charge in [0.05, 0.1) is 6.04 Å². The Morgan fingerprint density at radius 1 is 1.05 bits per heavy atom. The molecule has 0 saturated heterocycles. The molecule has 2 atom stereocenters. The van der Waals surface area contributed by atoms with Crippen LogP contribution in [-0.2, 0) is 22.6 Å². The molecule has 5 nitrogen and oxygen atoms in total. The summed E-state index contributed by atoms with van der Waals surface area (Å²) in [7, 11) is 0. The van der Waals surface area contributed by atoms with E-state index in [0.29, 0.717) is 38.1 Å². The zero-order chi connectivity index (χ0) is 26.4. The molecule has 1 aliphatic rings. The molecule has 0 radical (unpaired) electrons. The Kier molecular flexibility index (Phi) is 8.59. The first kappa shape index (κ1) is 26.4. The quantitative estimate of drug-likeness (QED) is 0.401. The van der Waals surface area contributed by atoms with Crippen molar-refractivity contribution in [2.75, 3.05) is 6.54 Å². The van der Waals surface area contributed by atoms with E-state index in [1.54, 1.807) is 6.07 Å². The van der Waals surface area contributed by atoms with Gasteiger partial charge in [0, 0.05) is 19.5 Å². The monoisotopic (exact) mass is 502 g/mol. The van der Waals surface area contributed by atoms with Crippen molar-refractivity contribution < 1.29 is 18.7 Å². The molecule has 3 aromatic rings. The number of nitrogens with one attached hydrogen (secondary N) is 1. The first-order valence-electron chi connectivity index (χ1n) is 13.0. The zero-order valence-electron chi connectivity index (χ0n) is 21.7. The largest absolute Gasteiger partial charge is 0.481 e. The Morgan fingerprint density at radius 3 is 2.54 bits per heavy atom. The van der Waals surface area contributed by atoms with Gasteiger partial charge < -0.3 is 15.0 Å². The summed E-state index contributed by atoms with van der Waals surface area (Å²) in [5.41, 5.74) is 3.74. The average molecular weight is 503 g/mol. The van der Waals surface area contributed by atoms with E-state index in [4.69, 9.17) is 4.74 Å². The van der Waals surface area contributed by atoms with Crippen molar-refractivity contribution in [3.05, 3.63) is 101 Å². The van der Waals surface area contributed by atoms with Crippen LogP contribution in [0.2, 0.25) is 0 Å². The second kappa shape index (κ2) is 12.0. The fourth-order valence-electron chi connectivity index (χ4n) is 4.82. The van der Waals surface area contributed by atoms with Crippen molar-refractivity contribution in [2.45, 2.75) is 58.7 Å². The number of halogens is 1. The van der Waals surface area contributed by atoms with Gasteiger partial charge in [-0.15, -0.1) is 0 Å². The van der Waals surface area contributed by atoms with Gasteiger partial charge in [-0.3, -0.25) is 9.59 Å². The molecule has 2 amide bonds. The van der Waals surface area contributed by atoms with E-state index in [2.05, 4.69) is 5.32 Å². The van der Waals surface area contributed by atoms with Crippen LogP contribution in [0.15, 0.2) is 72.8 Å². The molecule has 0 unspecified atom stereocenters. The molecule has 1 aliphatic heterocycles. The number of rotatable bonds is 9. The van der Waals surface area contributed by atoms with Crippen molar-refractivity contribution in [2.24, 2.45) is 5.92 Å². The van der Waals surface area contributed by atoms with E-state index in [1.165, 1.54) is 12.1 Å². The molecule has 0 bridgehead atoms. The van der Waals surface area contributed by atoms with E-state index < -0.39 is 12.1 Å². The molecular formula is C31H35FN2O3. The molecule has 1 N–H and O–H groups in total. The lowest BCUT2D eigenvalue weighted by atomic mass is 9.87. The summed E-state index contributed by atoms with van der Waals surface area (Å²) in [5.74, 6) is 0.304. The van der Waals surface area contributed by atoms with Gasteiger partial charge in [0.15, 0.2) is 6.10 Å². The number of carbonyl (C=O) groups excluding carboxylic acids is 2. The molecule has 6 heteroatoms. The van der Waals surface area contributed by atoms with Crippen LogP contribution in [0.1, 0.15) is 61.9 Å². The van der Waals surface area contributed by atoms with Crippen molar-refractivity contribution >= 4 is 11.8 Å². The maximum Gasteiger partial charge on any atom is 0.261 e. The minimum Gasteiger partial charge on any atom is -0.481 e. The number of amides is 2. The average Bonchev–Trinajstić information content (AvgIpc) is 2.89. The molecule has 0 spiro atoms. The SMILES string of the molecule is CC[C@H](Oc1ccc2c(c1)[C@H](c1cccc(F)c1)N(C(=O)CC(C)C)CC2)C(=O)NCc1ccccc1. The fourth-order valence-corrected chi connectivity index (χ4v) is 4.82. The number of ether oxygens (including phenoxy) is 1. The van der Waals surface area contributed by atoms with Crippen LogP contribution in [0.5, 0.6) is 5.75 Å². The van der Waals surface area contributed by atoms with Crippen LogP contribution in [0.4, 0.5) is 4.39 Å². The second-order valence-electron chi connectivity index (χ2n) is 9.97. The third kappa shape index (κ3) is 6.56. The van der Waals surface area contributed by atoms with Gasteiger partial charge in [0.2, 0.25) is 5.91 Å². The van der Waals surface area contributed by atoms with Gasteiger partial charge in [-0.05, 0) is 65.3 Å². The lowest BCUT2D eigenvalue weighted by Gasteiger charge is -2.38. The van der Waals surface area contributed by atoms with E-state index >= 15 is 0 Å². The van der Waals surface area contributed by atoms with Gasteiger partial charge in [-0.1, -0.05) is 69.3 Å². The Labute approximate surface area is 218 Å². The predicted molar refractivity (Wildman–Crippen MR) is 143 cm³/mol. The van der Waals surface area contributed by atoms with Crippen LogP contribution in [0.25, 0.3) is 0 Å². The maximum absolute atomic E-state index is 14.2. The van der Waals surface area contributed by atoms with Gasteiger partial charge in [0.1, 0.15) is 11.6 Å². The number of hydrogen-bond acceptors (Lipinski definition) is 3. The molecule has 0 saturated carbocycles. The zero-order valence-corrected chi connectivity index (χ0v) is 21.7. The minimum atomic E-state index is -0.656. The van der Waals surface area contributed by atoms with Crippen LogP contribution in [0, 0.1) is 11.7 Å². The number of benzene rings is 3. The molecule has 194 valence electrons. The third-order valence-corrected chi connectivity index (χ3v) is 6.66. The third-order valence-electron chi connectivity index (χ3n) is 6.66. The van der Waals surface area contributed by atoms with Crippen molar-refractivity contribution in [1.82, 2.24) is 10.2 Å².